The molecule has 3 N–H and O–H groups in total. The highest BCUT2D eigenvalue weighted by atomic mass is 32.2. The Labute approximate surface area is 212 Å². The second kappa shape index (κ2) is 11.3. The number of carbonyl (C=O) groups excluding carboxylic acids is 3. The summed E-state index contributed by atoms with van der Waals surface area (Å²) >= 11 is 0. The summed E-state index contributed by atoms with van der Waals surface area (Å²) in [5, 5.41) is 7.01. The van der Waals surface area contributed by atoms with Crippen LogP contribution in [0.2, 0.25) is 0 Å². The van der Waals surface area contributed by atoms with Crippen molar-refractivity contribution in [2.24, 2.45) is 7.05 Å². The van der Waals surface area contributed by atoms with Crippen molar-refractivity contribution in [1.82, 2.24) is 19.5 Å². The van der Waals surface area contributed by atoms with E-state index < -0.39 is 61.8 Å². The molecule has 37 heavy (non-hydrogen) atoms. The van der Waals surface area contributed by atoms with Gasteiger partial charge in [-0.3, -0.25) is 14.4 Å². The second-order valence-electron chi connectivity index (χ2n) is 8.53. The highest BCUT2D eigenvalue weighted by Gasteiger charge is 2.36. The zero-order valence-corrected chi connectivity index (χ0v) is 21.3. The van der Waals surface area contributed by atoms with Gasteiger partial charge in [0, 0.05) is 50.2 Å². The van der Waals surface area contributed by atoms with Crippen molar-refractivity contribution in [3.63, 3.8) is 0 Å². The number of hydrogen-bond donors (Lipinski definition) is 3. The molecule has 1 aromatic heterocycles. The highest BCUT2D eigenvalue weighted by Crippen LogP contribution is 2.27. The monoisotopic (exact) mass is 543 g/mol. The van der Waals surface area contributed by atoms with Gasteiger partial charge in [-0.2, -0.15) is 4.31 Å². The quantitative estimate of drug-likeness (QED) is 0.458. The summed E-state index contributed by atoms with van der Waals surface area (Å²) in [5.74, 6) is -5.96. The molecule has 0 bridgehead atoms. The number of aromatic nitrogens is 1. The van der Waals surface area contributed by atoms with Crippen LogP contribution in [-0.2, 0) is 33.1 Å². The molecule has 1 aliphatic heterocycles. The minimum absolute atomic E-state index is 0.0358. The first-order chi connectivity index (χ1) is 17.4. The van der Waals surface area contributed by atoms with Crippen molar-refractivity contribution in [2.75, 3.05) is 25.0 Å². The molecule has 14 heteroatoms. The van der Waals surface area contributed by atoms with Gasteiger partial charge in [-0.1, -0.05) is 6.92 Å². The first-order valence-corrected chi connectivity index (χ1v) is 13.1. The van der Waals surface area contributed by atoms with Gasteiger partial charge in [0.05, 0.1) is 0 Å². The molecule has 0 aliphatic carbocycles. The predicted molar refractivity (Wildman–Crippen MR) is 128 cm³/mol. The molecule has 0 saturated carbocycles. The lowest BCUT2D eigenvalue weighted by Crippen LogP contribution is -2.52. The van der Waals surface area contributed by atoms with Crippen LogP contribution in [0.5, 0.6) is 0 Å². The summed E-state index contributed by atoms with van der Waals surface area (Å²) in [6.45, 7) is 3.28. The average molecular weight is 544 g/mol. The predicted octanol–water partition coefficient (Wildman–Crippen LogP) is 1.66. The number of aryl methyl sites for hydroxylation is 1. The molecule has 1 aliphatic rings. The number of hydrogen-bond acceptors (Lipinski definition) is 5. The number of amides is 3. The number of benzene rings is 1. The number of likely N-dealkylation sites (N-methyl/N-ethyl adjacent to an activating group) is 1. The third-order valence-corrected chi connectivity index (χ3v) is 7.79. The number of nitrogens with one attached hydrogen (secondary N) is 3. The molecule has 0 unspecified atom stereocenters. The van der Waals surface area contributed by atoms with E-state index in [-0.39, 0.29) is 37.3 Å². The Morgan fingerprint density at radius 2 is 1.73 bits per heavy atom. The van der Waals surface area contributed by atoms with Crippen LogP contribution < -0.4 is 16.0 Å². The van der Waals surface area contributed by atoms with Gasteiger partial charge in [-0.05, 0) is 38.3 Å². The standard InChI is InChI=1S/C23H28F3N5O5S/c1-4-15-16(24)9-14(10-17(15)25)29-21(32)20-19(26)18(12-30(20)3)37(35,36)31-8-6-7-13(11-31)28-23(34)22(33)27-5-2/h9-10,12-13H,4-8,11H2,1-3H3,(H,27,33)(H,28,34)(H,29,32)/t13-/m1/s1. The van der Waals surface area contributed by atoms with Crippen molar-refractivity contribution >= 4 is 33.4 Å². The maximum Gasteiger partial charge on any atom is 0.309 e. The van der Waals surface area contributed by atoms with Crippen LogP contribution in [-0.4, -0.2) is 60.7 Å². The zero-order valence-electron chi connectivity index (χ0n) is 20.5. The normalized spacial score (nSPS) is 16.3. The molecule has 1 fully saturated rings. The zero-order chi connectivity index (χ0) is 27.5. The van der Waals surface area contributed by atoms with Gasteiger partial charge in [-0.25, -0.2) is 21.6 Å². The van der Waals surface area contributed by atoms with E-state index in [0.717, 1.165) is 27.2 Å². The van der Waals surface area contributed by atoms with Crippen molar-refractivity contribution < 1.29 is 36.0 Å². The Hall–Kier alpha value is -3.39. The summed E-state index contributed by atoms with van der Waals surface area (Å²) in [5.41, 5.74) is -1.08. The molecule has 3 amide bonds. The van der Waals surface area contributed by atoms with E-state index in [1.54, 1.807) is 13.8 Å². The molecule has 2 aromatic rings. The Morgan fingerprint density at radius 3 is 2.32 bits per heavy atom. The van der Waals surface area contributed by atoms with Gasteiger partial charge in [0.1, 0.15) is 22.2 Å². The van der Waals surface area contributed by atoms with Crippen LogP contribution in [0.3, 0.4) is 0 Å². The number of carbonyl (C=O) groups is 3. The summed E-state index contributed by atoms with van der Waals surface area (Å²) in [4.78, 5) is 35.6. The van der Waals surface area contributed by atoms with Gasteiger partial charge >= 0.3 is 11.8 Å². The fraction of sp³-hybridized carbons (Fsp3) is 0.435. The summed E-state index contributed by atoms with van der Waals surface area (Å²) in [6, 6.07) is 1.10. The van der Waals surface area contributed by atoms with E-state index in [4.69, 9.17) is 0 Å². The van der Waals surface area contributed by atoms with Crippen LogP contribution in [0.25, 0.3) is 0 Å². The molecule has 1 aromatic carbocycles. The van der Waals surface area contributed by atoms with Gasteiger partial charge in [-0.15, -0.1) is 0 Å². The minimum Gasteiger partial charge on any atom is -0.348 e. The summed E-state index contributed by atoms with van der Waals surface area (Å²) in [7, 11) is -3.18. The molecule has 2 heterocycles. The van der Waals surface area contributed by atoms with Crippen LogP contribution in [0, 0.1) is 17.5 Å². The first kappa shape index (κ1) is 28.2. The molecule has 1 atom stereocenters. The Morgan fingerprint density at radius 1 is 1.08 bits per heavy atom. The molecular formula is C23H28F3N5O5S. The largest absolute Gasteiger partial charge is 0.348 e. The maximum absolute atomic E-state index is 15.3. The molecule has 202 valence electrons. The van der Waals surface area contributed by atoms with E-state index in [9.17, 15) is 31.6 Å². The van der Waals surface area contributed by atoms with Crippen molar-refractivity contribution in [3.05, 3.63) is 47.0 Å². The fourth-order valence-electron chi connectivity index (χ4n) is 4.12. The molecule has 10 nitrogen and oxygen atoms in total. The Balaban J connectivity index is 1.81. The van der Waals surface area contributed by atoms with E-state index >= 15 is 4.39 Å². The number of piperidine rings is 1. The minimum atomic E-state index is -4.44. The van der Waals surface area contributed by atoms with E-state index in [0.29, 0.717) is 12.8 Å². The Kier molecular flexibility index (Phi) is 8.64. The van der Waals surface area contributed by atoms with Gasteiger partial charge < -0.3 is 20.5 Å². The lowest BCUT2D eigenvalue weighted by Gasteiger charge is -2.31. The van der Waals surface area contributed by atoms with Crippen LogP contribution >= 0.6 is 0 Å². The van der Waals surface area contributed by atoms with Gasteiger partial charge in [0.2, 0.25) is 10.0 Å². The third kappa shape index (κ3) is 5.96. The summed E-state index contributed by atoms with van der Waals surface area (Å²) < 4.78 is 71.9. The number of sulfonamides is 1. The molecule has 0 spiro atoms. The molecule has 1 saturated heterocycles. The third-order valence-electron chi connectivity index (χ3n) is 5.94. The van der Waals surface area contributed by atoms with Crippen LogP contribution in [0.4, 0.5) is 18.9 Å². The number of rotatable bonds is 7. The fourth-order valence-corrected chi connectivity index (χ4v) is 5.76. The van der Waals surface area contributed by atoms with Crippen molar-refractivity contribution in [3.8, 4) is 0 Å². The maximum atomic E-state index is 15.3. The second-order valence-corrected chi connectivity index (χ2v) is 10.4. The van der Waals surface area contributed by atoms with Crippen LogP contribution in [0.1, 0.15) is 42.7 Å². The molecule has 0 radical (unpaired) electrons. The van der Waals surface area contributed by atoms with Gasteiger partial charge in [0.15, 0.2) is 5.82 Å². The number of anilines is 1. The van der Waals surface area contributed by atoms with Crippen LogP contribution in [0.15, 0.2) is 23.2 Å². The van der Waals surface area contributed by atoms with E-state index in [2.05, 4.69) is 16.0 Å². The van der Waals surface area contributed by atoms with Crippen molar-refractivity contribution in [1.29, 1.82) is 0 Å². The van der Waals surface area contributed by atoms with Gasteiger partial charge in [0.25, 0.3) is 5.91 Å². The topological polar surface area (TPSA) is 130 Å². The molecular weight excluding hydrogens is 515 g/mol. The lowest BCUT2D eigenvalue weighted by atomic mass is 10.1. The summed E-state index contributed by atoms with van der Waals surface area (Å²) in [6.07, 6.45) is 1.77. The first-order valence-electron chi connectivity index (χ1n) is 11.6. The average Bonchev–Trinajstić information content (AvgIpc) is 3.13. The smallest absolute Gasteiger partial charge is 0.309 e. The Bertz CT molecular complexity index is 1310. The molecule has 3 rings (SSSR count). The highest BCUT2D eigenvalue weighted by molar-refractivity contribution is 7.89. The van der Waals surface area contributed by atoms with E-state index in [1.807, 2.05) is 0 Å². The van der Waals surface area contributed by atoms with E-state index in [1.165, 1.54) is 7.05 Å². The van der Waals surface area contributed by atoms with Crippen molar-refractivity contribution in [2.45, 2.75) is 44.0 Å². The number of halogens is 3. The number of nitrogens with zero attached hydrogens (tertiary/aromatic N) is 2. The lowest BCUT2D eigenvalue weighted by molar-refractivity contribution is -0.139. The SMILES string of the molecule is CCNC(=O)C(=O)N[C@@H]1CCCN(S(=O)(=O)c2cn(C)c(C(=O)Nc3cc(F)c(CC)c(F)c3)c2F)C1.